The molecule has 1 aliphatic heterocycles. The largest absolute Gasteiger partial charge is 0.497 e. The molecule has 1 amide bonds. The molecule has 0 bridgehead atoms. The Morgan fingerprint density at radius 1 is 0.921 bits per heavy atom. The molecule has 2 aromatic carbocycles. The summed E-state index contributed by atoms with van der Waals surface area (Å²) in [6.45, 7) is 7.39. The second kappa shape index (κ2) is 12.2. The molecule has 3 atom stereocenters. The summed E-state index contributed by atoms with van der Waals surface area (Å²) in [5.74, 6) is 2.51. The Hall–Kier alpha value is -3.13. The lowest BCUT2D eigenvalue weighted by Gasteiger charge is -2.52. The first kappa shape index (κ1) is 27.9. The zero-order valence-electron chi connectivity index (χ0n) is 23.2. The van der Waals surface area contributed by atoms with E-state index in [1.165, 1.54) is 0 Å². The Balaban J connectivity index is 1.83. The van der Waals surface area contributed by atoms with E-state index in [4.69, 9.17) is 23.7 Å². The Morgan fingerprint density at radius 3 is 2.21 bits per heavy atom. The van der Waals surface area contributed by atoms with Gasteiger partial charge in [0.15, 0.2) is 11.5 Å². The van der Waals surface area contributed by atoms with Crippen molar-refractivity contribution in [2.75, 3.05) is 40.6 Å². The number of carbonyl (C=O) groups excluding carboxylic acids is 1. The summed E-state index contributed by atoms with van der Waals surface area (Å²) >= 11 is 0. The van der Waals surface area contributed by atoms with Gasteiger partial charge in [0.05, 0.1) is 45.7 Å². The molecule has 1 heterocycles. The van der Waals surface area contributed by atoms with E-state index < -0.39 is 5.60 Å². The van der Waals surface area contributed by atoms with Crippen LogP contribution in [-0.4, -0.2) is 62.1 Å². The highest BCUT2D eigenvalue weighted by molar-refractivity contribution is 5.96. The highest BCUT2D eigenvalue weighted by atomic mass is 16.5. The molecule has 208 valence electrons. The molecule has 8 heteroatoms. The van der Waals surface area contributed by atoms with E-state index in [-0.39, 0.29) is 17.9 Å². The van der Waals surface area contributed by atoms with Crippen molar-refractivity contribution in [3.05, 3.63) is 41.5 Å². The van der Waals surface area contributed by atoms with E-state index >= 15 is 0 Å². The lowest BCUT2D eigenvalue weighted by atomic mass is 9.66. The summed E-state index contributed by atoms with van der Waals surface area (Å²) in [5, 5.41) is 11.7. The first-order chi connectivity index (χ1) is 18.4. The minimum Gasteiger partial charge on any atom is -0.497 e. The lowest BCUT2D eigenvalue weighted by molar-refractivity contribution is -0.115. The van der Waals surface area contributed by atoms with Gasteiger partial charge in [0.1, 0.15) is 11.5 Å². The van der Waals surface area contributed by atoms with Crippen LogP contribution in [0.5, 0.6) is 28.7 Å². The molecule has 0 aromatic heterocycles. The molecule has 8 nitrogen and oxygen atoms in total. The predicted molar refractivity (Wildman–Crippen MR) is 145 cm³/mol. The maximum absolute atomic E-state index is 14.3. The number of carbonyl (C=O) groups is 1. The van der Waals surface area contributed by atoms with Crippen molar-refractivity contribution in [2.24, 2.45) is 5.92 Å². The number of methoxy groups -OCH3 is 2. The smallest absolute Gasteiger partial charge is 0.254 e. The summed E-state index contributed by atoms with van der Waals surface area (Å²) in [7, 11) is 3.25. The van der Waals surface area contributed by atoms with Crippen LogP contribution in [-0.2, 0) is 0 Å². The van der Waals surface area contributed by atoms with E-state index in [1.807, 2.05) is 43.9 Å². The van der Waals surface area contributed by atoms with Gasteiger partial charge in [0.2, 0.25) is 5.75 Å². The van der Waals surface area contributed by atoms with E-state index in [1.54, 1.807) is 26.4 Å². The van der Waals surface area contributed by atoms with Crippen LogP contribution in [0, 0.1) is 5.92 Å². The molecule has 1 N–H and O–H groups in total. The van der Waals surface area contributed by atoms with Crippen molar-refractivity contribution in [1.29, 1.82) is 0 Å². The maximum atomic E-state index is 14.3. The molecule has 0 radical (unpaired) electrons. The van der Waals surface area contributed by atoms with Crippen molar-refractivity contribution in [2.45, 2.75) is 64.5 Å². The molecule has 1 saturated carbocycles. The van der Waals surface area contributed by atoms with Gasteiger partial charge >= 0.3 is 0 Å². The fourth-order valence-electron chi connectivity index (χ4n) is 6.04. The monoisotopic (exact) mass is 527 g/mol. The minimum atomic E-state index is -0.834. The Labute approximate surface area is 225 Å². The van der Waals surface area contributed by atoms with Gasteiger partial charge < -0.3 is 33.7 Å². The number of amides is 1. The second-order valence-electron chi connectivity index (χ2n) is 9.86. The van der Waals surface area contributed by atoms with Gasteiger partial charge in [-0.05, 0) is 70.4 Å². The molecule has 1 aliphatic carbocycles. The van der Waals surface area contributed by atoms with E-state index in [0.29, 0.717) is 67.1 Å². The number of hydrogen-bond donors (Lipinski definition) is 1. The molecule has 4 rings (SSSR count). The van der Waals surface area contributed by atoms with Gasteiger partial charge in [-0.1, -0.05) is 12.8 Å². The minimum absolute atomic E-state index is 0.129. The molecular formula is C30H41NO7. The van der Waals surface area contributed by atoms with E-state index in [9.17, 15) is 9.90 Å². The zero-order valence-corrected chi connectivity index (χ0v) is 23.2. The number of hydrogen-bond acceptors (Lipinski definition) is 7. The summed E-state index contributed by atoms with van der Waals surface area (Å²) in [4.78, 5) is 16.2. The van der Waals surface area contributed by atoms with Gasteiger partial charge in [-0.3, -0.25) is 4.79 Å². The Kier molecular flexibility index (Phi) is 8.92. The van der Waals surface area contributed by atoms with Crippen LogP contribution < -0.4 is 23.7 Å². The molecule has 0 spiro atoms. The third kappa shape index (κ3) is 5.37. The fraction of sp³-hybridized carbons (Fsp3) is 0.567. The summed E-state index contributed by atoms with van der Waals surface area (Å²) in [5.41, 5.74) is 0.458. The maximum Gasteiger partial charge on any atom is 0.254 e. The van der Waals surface area contributed by atoms with Crippen LogP contribution in [0.25, 0.3) is 0 Å². The zero-order chi connectivity index (χ0) is 27.3. The molecule has 2 aromatic rings. The second-order valence-corrected chi connectivity index (χ2v) is 9.86. The number of benzene rings is 2. The summed E-state index contributed by atoms with van der Waals surface area (Å²) in [6, 6.07) is 8.73. The fourth-order valence-corrected chi connectivity index (χ4v) is 6.04. The average molecular weight is 528 g/mol. The average Bonchev–Trinajstić information content (AvgIpc) is 2.93. The van der Waals surface area contributed by atoms with Crippen LogP contribution in [0.4, 0.5) is 0 Å². The van der Waals surface area contributed by atoms with E-state index in [0.717, 1.165) is 31.2 Å². The van der Waals surface area contributed by atoms with Gasteiger partial charge in [-0.15, -0.1) is 0 Å². The van der Waals surface area contributed by atoms with Crippen LogP contribution in [0.3, 0.4) is 0 Å². The molecule has 38 heavy (non-hydrogen) atoms. The third-order valence-electron chi connectivity index (χ3n) is 7.74. The molecular weight excluding hydrogens is 486 g/mol. The van der Waals surface area contributed by atoms with E-state index in [2.05, 4.69) is 0 Å². The topological polar surface area (TPSA) is 86.7 Å². The summed E-state index contributed by atoms with van der Waals surface area (Å²) in [6.07, 6.45) is 4.07. The van der Waals surface area contributed by atoms with Gasteiger partial charge in [0, 0.05) is 23.6 Å². The molecule has 2 aliphatic rings. The molecule has 1 saturated heterocycles. The molecule has 2 fully saturated rings. The standard InChI is InChI=1S/C30H41NO7/c1-6-36-25-17-20(18-26(37-7-2)28(25)38-8-3)29(32)31-16-15-30(33)14-10-9-11-23(30)27(31)22-19-21(34-4)12-13-24(22)35-5/h12-13,17-19,23,27,33H,6-11,14-16H2,1-5H3/t23-,27+,30+/m1/s1. The van der Waals surface area contributed by atoms with Crippen molar-refractivity contribution in [3.8, 4) is 28.7 Å². The number of aliphatic hydroxyl groups is 1. The van der Waals surface area contributed by atoms with Crippen LogP contribution in [0.1, 0.15) is 74.8 Å². The SMILES string of the molecule is CCOc1cc(C(=O)N2CC[C@@]3(O)CCCC[C@@H]3[C@@H]2c2cc(OC)ccc2OC)cc(OCC)c1OCC. The van der Waals surface area contributed by atoms with Gasteiger partial charge in [-0.25, -0.2) is 0 Å². The van der Waals surface area contributed by atoms with Crippen molar-refractivity contribution in [3.63, 3.8) is 0 Å². The van der Waals surface area contributed by atoms with Crippen molar-refractivity contribution >= 4 is 5.91 Å². The van der Waals surface area contributed by atoms with Gasteiger partial charge in [0.25, 0.3) is 5.91 Å². The highest BCUT2D eigenvalue weighted by Crippen LogP contribution is 2.52. The first-order valence-corrected chi connectivity index (χ1v) is 13.7. The number of piperidine rings is 1. The molecule has 0 unspecified atom stereocenters. The number of ether oxygens (including phenoxy) is 5. The number of nitrogens with zero attached hydrogens (tertiary/aromatic N) is 1. The van der Waals surface area contributed by atoms with Crippen LogP contribution >= 0.6 is 0 Å². The van der Waals surface area contributed by atoms with Crippen LogP contribution in [0.15, 0.2) is 30.3 Å². The van der Waals surface area contributed by atoms with Crippen LogP contribution in [0.2, 0.25) is 0 Å². The highest BCUT2D eigenvalue weighted by Gasteiger charge is 2.51. The number of likely N-dealkylation sites (tertiary alicyclic amines) is 1. The lowest BCUT2D eigenvalue weighted by Crippen LogP contribution is -2.56. The Bertz CT molecular complexity index is 1090. The third-order valence-corrected chi connectivity index (χ3v) is 7.74. The first-order valence-electron chi connectivity index (χ1n) is 13.7. The predicted octanol–water partition coefficient (Wildman–Crippen LogP) is 5.41. The quantitative estimate of drug-likeness (QED) is 0.442. The van der Waals surface area contributed by atoms with Crippen molar-refractivity contribution in [1.82, 2.24) is 4.90 Å². The normalized spacial score (nSPS) is 22.8. The number of fused-ring (bicyclic) bond motifs is 1. The Morgan fingerprint density at radius 2 is 1.61 bits per heavy atom. The summed E-state index contributed by atoms with van der Waals surface area (Å²) < 4.78 is 28.9. The van der Waals surface area contributed by atoms with Gasteiger partial charge in [-0.2, -0.15) is 0 Å². The number of rotatable bonds is 10. The van der Waals surface area contributed by atoms with Crippen molar-refractivity contribution < 1.29 is 33.6 Å².